The van der Waals surface area contributed by atoms with Crippen molar-refractivity contribution >= 4 is 15.9 Å². The molecule has 1 N–H and O–H groups in total. The zero-order valence-corrected chi connectivity index (χ0v) is 16.6. The Balaban J connectivity index is 1.60. The van der Waals surface area contributed by atoms with E-state index in [1.165, 1.54) is 29.6 Å². The summed E-state index contributed by atoms with van der Waals surface area (Å²) in [5.74, 6) is -0.184. The Labute approximate surface area is 164 Å². The zero-order chi connectivity index (χ0) is 20.3. The number of nitrogens with one attached hydrogen (secondary N) is 1. The van der Waals surface area contributed by atoms with E-state index in [2.05, 4.69) is 5.32 Å². The van der Waals surface area contributed by atoms with Crippen molar-refractivity contribution in [2.45, 2.75) is 30.7 Å². The van der Waals surface area contributed by atoms with Crippen LogP contribution in [0.5, 0.6) is 5.75 Å². The van der Waals surface area contributed by atoms with Gasteiger partial charge >= 0.3 is 0 Å². The van der Waals surface area contributed by atoms with Gasteiger partial charge in [0, 0.05) is 24.7 Å². The van der Waals surface area contributed by atoms with Gasteiger partial charge in [0.15, 0.2) is 0 Å². The van der Waals surface area contributed by atoms with E-state index in [9.17, 15) is 17.6 Å². The number of hydrogen-bond acceptors (Lipinski definition) is 4. The molecule has 0 spiro atoms. The van der Waals surface area contributed by atoms with Crippen LogP contribution in [0.25, 0.3) is 0 Å². The second-order valence-electron chi connectivity index (χ2n) is 6.79. The highest BCUT2D eigenvalue weighted by Gasteiger charge is 2.30. The lowest BCUT2D eigenvalue weighted by molar-refractivity contribution is 0.0923. The summed E-state index contributed by atoms with van der Waals surface area (Å²) in [4.78, 5) is 12.5. The summed E-state index contributed by atoms with van der Waals surface area (Å²) in [6, 6.07) is 10.5. The molecule has 0 bridgehead atoms. The van der Waals surface area contributed by atoms with Gasteiger partial charge in [-0.15, -0.1) is 0 Å². The van der Waals surface area contributed by atoms with Crippen LogP contribution in [0.4, 0.5) is 4.39 Å². The van der Waals surface area contributed by atoms with Crippen molar-refractivity contribution in [3.05, 3.63) is 59.4 Å². The Morgan fingerprint density at radius 2 is 1.79 bits per heavy atom. The number of carbonyl (C=O) groups excluding carboxylic acids is 1. The molecule has 1 heterocycles. The number of amides is 1. The maximum Gasteiger partial charge on any atom is 0.251 e. The maximum absolute atomic E-state index is 13.6. The highest BCUT2D eigenvalue weighted by atomic mass is 32.2. The molecule has 8 heteroatoms. The van der Waals surface area contributed by atoms with Crippen molar-refractivity contribution in [1.82, 2.24) is 9.62 Å². The first-order valence-corrected chi connectivity index (χ1v) is 10.5. The summed E-state index contributed by atoms with van der Waals surface area (Å²) >= 11 is 0. The Morgan fingerprint density at radius 1 is 1.14 bits per heavy atom. The molecule has 28 heavy (non-hydrogen) atoms. The molecule has 150 valence electrons. The molecule has 0 atom stereocenters. The number of rotatable bonds is 5. The fourth-order valence-corrected chi connectivity index (χ4v) is 4.61. The van der Waals surface area contributed by atoms with Crippen LogP contribution in [-0.2, 0) is 10.0 Å². The summed E-state index contributed by atoms with van der Waals surface area (Å²) in [6.07, 6.45) is 0.991. The third kappa shape index (κ3) is 4.34. The lowest BCUT2D eigenvalue weighted by Gasteiger charge is -2.31. The van der Waals surface area contributed by atoms with Gasteiger partial charge in [0.25, 0.3) is 5.91 Å². The minimum Gasteiger partial charge on any atom is -0.497 e. The topological polar surface area (TPSA) is 75.7 Å². The fourth-order valence-electron chi connectivity index (χ4n) is 3.14. The third-order valence-corrected chi connectivity index (χ3v) is 6.83. The van der Waals surface area contributed by atoms with Gasteiger partial charge in [-0.3, -0.25) is 4.79 Å². The Bertz CT molecular complexity index is 953. The summed E-state index contributed by atoms with van der Waals surface area (Å²) in [5, 5.41) is 2.87. The SMILES string of the molecule is COc1ccc(S(=O)(=O)N2CCC(NC(=O)c3ccc(C)c(F)c3)CC2)cc1. The van der Waals surface area contributed by atoms with Crippen molar-refractivity contribution in [3.63, 3.8) is 0 Å². The standard InChI is InChI=1S/C20H23FN2O4S/c1-14-3-4-15(13-19(14)21)20(24)22-16-9-11-23(12-10-16)28(25,26)18-7-5-17(27-2)6-8-18/h3-8,13,16H,9-12H2,1-2H3,(H,22,24). The number of piperidine rings is 1. The zero-order valence-electron chi connectivity index (χ0n) is 15.8. The first-order chi connectivity index (χ1) is 13.3. The first kappa shape index (κ1) is 20.3. The fraction of sp³-hybridized carbons (Fsp3) is 0.350. The number of benzene rings is 2. The molecule has 1 aliphatic heterocycles. The van der Waals surface area contributed by atoms with Gasteiger partial charge in [0.05, 0.1) is 12.0 Å². The number of aryl methyl sites for hydroxylation is 1. The molecular formula is C20H23FN2O4S. The number of sulfonamides is 1. The average molecular weight is 406 g/mol. The molecule has 1 aliphatic rings. The number of nitrogens with zero attached hydrogens (tertiary/aromatic N) is 1. The van der Waals surface area contributed by atoms with E-state index in [0.29, 0.717) is 37.2 Å². The molecule has 3 rings (SSSR count). The summed E-state index contributed by atoms with van der Waals surface area (Å²) < 4.78 is 45.6. The number of methoxy groups -OCH3 is 1. The maximum atomic E-state index is 13.6. The quantitative estimate of drug-likeness (QED) is 0.829. The van der Waals surface area contributed by atoms with Gasteiger partial charge in [-0.05, 0) is 61.7 Å². The van der Waals surface area contributed by atoms with Crippen LogP contribution in [0.2, 0.25) is 0 Å². The second kappa shape index (κ2) is 8.28. The van der Waals surface area contributed by atoms with Crippen molar-refractivity contribution in [3.8, 4) is 5.75 Å². The van der Waals surface area contributed by atoms with E-state index >= 15 is 0 Å². The second-order valence-corrected chi connectivity index (χ2v) is 8.73. The lowest BCUT2D eigenvalue weighted by Crippen LogP contribution is -2.46. The van der Waals surface area contributed by atoms with Crippen molar-refractivity contribution in [2.24, 2.45) is 0 Å². The largest absolute Gasteiger partial charge is 0.497 e. The van der Waals surface area contributed by atoms with Gasteiger partial charge < -0.3 is 10.1 Å². The van der Waals surface area contributed by atoms with Crippen LogP contribution in [0.3, 0.4) is 0 Å². The first-order valence-electron chi connectivity index (χ1n) is 9.02. The van der Waals surface area contributed by atoms with E-state index in [1.807, 2.05) is 0 Å². The van der Waals surface area contributed by atoms with E-state index in [0.717, 1.165) is 0 Å². The van der Waals surface area contributed by atoms with E-state index in [4.69, 9.17) is 4.74 Å². The number of halogens is 1. The average Bonchev–Trinajstić information content (AvgIpc) is 2.70. The molecule has 6 nitrogen and oxygen atoms in total. The number of hydrogen-bond donors (Lipinski definition) is 1. The number of carbonyl (C=O) groups is 1. The molecule has 0 aliphatic carbocycles. The van der Waals surface area contributed by atoms with E-state index in [1.54, 1.807) is 31.2 Å². The van der Waals surface area contributed by atoms with Crippen molar-refractivity contribution in [2.75, 3.05) is 20.2 Å². The van der Waals surface area contributed by atoms with E-state index in [-0.39, 0.29) is 22.4 Å². The van der Waals surface area contributed by atoms with E-state index < -0.39 is 15.8 Å². The molecule has 1 fully saturated rings. The summed E-state index contributed by atoms with van der Waals surface area (Å²) in [6.45, 7) is 2.25. The highest BCUT2D eigenvalue weighted by molar-refractivity contribution is 7.89. The van der Waals surface area contributed by atoms with Gasteiger partial charge in [-0.1, -0.05) is 6.07 Å². The smallest absolute Gasteiger partial charge is 0.251 e. The van der Waals surface area contributed by atoms with Crippen LogP contribution >= 0.6 is 0 Å². The van der Waals surface area contributed by atoms with Crippen LogP contribution in [0, 0.1) is 12.7 Å². The minimum absolute atomic E-state index is 0.154. The molecule has 0 aromatic heterocycles. The van der Waals surface area contributed by atoms with Crippen molar-refractivity contribution in [1.29, 1.82) is 0 Å². The monoisotopic (exact) mass is 406 g/mol. The predicted molar refractivity (Wildman–Crippen MR) is 103 cm³/mol. The van der Waals surface area contributed by atoms with Gasteiger partial charge in [0.1, 0.15) is 11.6 Å². The Kier molecular flexibility index (Phi) is 6.00. The molecule has 1 saturated heterocycles. The lowest BCUT2D eigenvalue weighted by atomic mass is 10.1. The van der Waals surface area contributed by atoms with Gasteiger partial charge in [-0.2, -0.15) is 4.31 Å². The molecule has 2 aromatic rings. The molecule has 2 aromatic carbocycles. The molecule has 1 amide bonds. The Hall–Kier alpha value is -2.45. The Morgan fingerprint density at radius 3 is 2.36 bits per heavy atom. The third-order valence-electron chi connectivity index (χ3n) is 4.92. The summed E-state index contributed by atoms with van der Waals surface area (Å²) in [5.41, 5.74) is 0.741. The predicted octanol–water partition coefficient (Wildman–Crippen LogP) is 2.73. The molecular weight excluding hydrogens is 383 g/mol. The van der Waals surface area contributed by atoms with Gasteiger partial charge in [-0.25, -0.2) is 12.8 Å². The molecule has 0 saturated carbocycles. The normalized spacial score (nSPS) is 16.0. The molecule has 0 radical (unpaired) electrons. The van der Waals surface area contributed by atoms with Crippen LogP contribution < -0.4 is 10.1 Å². The van der Waals surface area contributed by atoms with Gasteiger partial charge in [0.2, 0.25) is 10.0 Å². The summed E-state index contributed by atoms with van der Waals surface area (Å²) in [7, 11) is -2.06. The highest BCUT2D eigenvalue weighted by Crippen LogP contribution is 2.23. The van der Waals surface area contributed by atoms with Crippen LogP contribution in [0.15, 0.2) is 47.4 Å². The molecule has 0 unspecified atom stereocenters. The minimum atomic E-state index is -3.59. The van der Waals surface area contributed by atoms with Crippen LogP contribution in [0.1, 0.15) is 28.8 Å². The van der Waals surface area contributed by atoms with Crippen molar-refractivity contribution < 1.29 is 22.3 Å². The number of ether oxygens (including phenoxy) is 1. The van der Waals surface area contributed by atoms with Crippen LogP contribution in [-0.4, -0.2) is 44.9 Å².